The van der Waals surface area contributed by atoms with E-state index in [1.54, 1.807) is 0 Å². The van der Waals surface area contributed by atoms with Crippen LogP contribution in [0.2, 0.25) is 0 Å². The van der Waals surface area contributed by atoms with Gasteiger partial charge in [0.15, 0.2) is 0 Å². The summed E-state index contributed by atoms with van der Waals surface area (Å²) in [5, 5.41) is 18.2. The fourth-order valence-corrected chi connectivity index (χ4v) is 3.39. The van der Waals surface area contributed by atoms with Crippen LogP contribution in [-0.2, 0) is 19.9 Å². The van der Waals surface area contributed by atoms with E-state index >= 15 is 0 Å². The van der Waals surface area contributed by atoms with E-state index in [1.165, 1.54) is 0 Å². The fourth-order valence-electron chi connectivity index (χ4n) is 2.61. The topological polar surface area (TPSA) is 50.1 Å². The Morgan fingerprint density at radius 1 is 1.61 bits per heavy atom. The van der Waals surface area contributed by atoms with Crippen LogP contribution in [-0.4, -0.2) is 34.1 Å². The molecule has 2 N–H and O–H groups in total. The van der Waals surface area contributed by atoms with Gasteiger partial charge in [-0.3, -0.25) is 4.68 Å². The number of hydrogen-bond donors (Lipinski definition) is 2. The molecule has 2 rings (SSSR count). The second-order valence-corrected chi connectivity index (χ2v) is 5.86. The van der Waals surface area contributed by atoms with E-state index in [0.717, 1.165) is 48.2 Å². The molecule has 2 heterocycles. The summed E-state index contributed by atoms with van der Waals surface area (Å²) in [7, 11) is 1.95. The Morgan fingerprint density at radius 2 is 2.39 bits per heavy atom. The van der Waals surface area contributed by atoms with Crippen molar-refractivity contribution in [2.75, 3.05) is 13.1 Å². The van der Waals surface area contributed by atoms with E-state index in [-0.39, 0.29) is 6.10 Å². The van der Waals surface area contributed by atoms with Gasteiger partial charge in [-0.2, -0.15) is 5.10 Å². The molecule has 1 aromatic rings. The summed E-state index contributed by atoms with van der Waals surface area (Å²) in [6, 6.07) is 0. The van der Waals surface area contributed by atoms with Gasteiger partial charge in [-0.05, 0) is 47.7 Å². The lowest BCUT2D eigenvalue weighted by molar-refractivity contribution is 0.0903. The highest BCUT2D eigenvalue weighted by Crippen LogP contribution is 2.25. The van der Waals surface area contributed by atoms with Gasteiger partial charge in [0.25, 0.3) is 0 Å². The minimum Gasteiger partial charge on any atom is -0.392 e. The summed E-state index contributed by atoms with van der Waals surface area (Å²) in [6.45, 7) is 4.11. The number of aliphatic hydroxyl groups excluding tert-OH is 1. The molecule has 0 radical (unpaired) electrons. The molecule has 0 bridgehead atoms. The van der Waals surface area contributed by atoms with Crippen molar-refractivity contribution in [3.63, 3.8) is 0 Å². The molecule has 2 atom stereocenters. The molecule has 2 unspecified atom stereocenters. The lowest BCUT2D eigenvalue weighted by Gasteiger charge is -2.27. The zero-order valence-corrected chi connectivity index (χ0v) is 12.7. The average Bonchev–Trinajstić information content (AvgIpc) is 2.67. The third-order valence-electron chi connectivity index (χ3n) is 3.78. The predicted molar refractivity (Wildman–Crippen MR) is 75.6 cm³/mol. The van der Waals surface area contributed by atoms with Crippen molar-refractivity contribution in [1.82, 2.24) is 15.1 Å². The van der Waals surface area contributed by atoms with Gasteiger partial charge in [0.2, 0.25) is 0 Å². The fraction of sp³-hybridized carbons (Fsp3) is 0.769. The zero-order valence-electron chi connectivity index (χ0n) is 11.1. The second kappa shape index (κ2) is 6.17. The number of aryl methyl sites for hydroxylation is 2. The lowest BCUT2D eigenvalue weighted by Crippen LogP contribution is -2.37. The Morgan fingerprint density at radius 3 is 2.94 bits per heavy atom. The van der Waals surface area contributed by atoms with Crippen LogP contribution in [0.4, 0.5) is 0 Å². The molecule has 0 aromatic carbocycles. The van der Waals surface area contributed by atoms with Gasteiger partial charge in [-0.25, -0.2) is 0 Å². The first-order valence-electron chi connectivity index (χ1n) is 6.72. The smallest absolute Gasteiger partial charge is 0.0766 e. The highest BCUT2D eigenvalue weighted by atomic mass is 79.9. The standard InChI is InChI=1S/C13H22BrN3O/c1-3-10-13(14)11(17(2)16-10)7-12(18)9-5-4-6-15-8-9/h9,12,15,18H,3-8H2,1-2H3. The molecular weight excluding hydrogens is 294 g/mol. The largest absolute Gasteiger partial charge is 0.392 e. The van der Waals surface area contributed by atoms with E-state index in [0.29, 0.717) is 12.3 Å². The average molecular weight is 316 g/mol. The van der Waals surface area contributed by atoms with Crippen LogP contribution in [0.5, 0.6) is 0 Å². The van der Waals surface area contributed by atoms with E-state index in [4.69, 9.17) is 0 Å². The molecule has 0 spiro atoms. The first-order chi connectivity index (χ1) is 8.63. The summed E-state index contributed by atoms with van der Waals surface area (Å²) in [6.07, 6.45) is 3.58. The number of hydrogen-bond acceptors (Lipinski definition) is 3. The van der Waals surface area contributed by atoms with Crippen molar-refractivity contribution in [3.05, 3.63) is 15.9 Å². The summed E-state index contributed by atoms with van der Waals surface area (Å²) >= 11 is 3.60. The first kappa shape index (κ1) is 14.0. The maximum atomic E-state index is 10.4. The first-order valence-corrected chi connectivity index (χ1v) is 7.51. The van der Waals surface area contributed by atoms with Crippen molar-refractivity contribution in [2.45, 2.75) is 38.7 Å². The second-order valence-electron chi connectivity index (χ2n) is 5.06. The summed E-state index contributed by atoms with van der Waals surface area (Å²) in [5.74, 6) is 0.366. The maximum Gasteiger partial charge on any atom is 0.0766 e. The Bertz CT molecular complexity index is 399. The van der Waals surface area contributed by atoms with Gasteiger partial charge in [0, 0.05) is 20.0 Å². The number of nitrogens with one attached hydrogen (secondary N) is 1. The SMILES string of the molecule is CCc1nn(C)c(CC(O)C2CCCNC2)c1Br. The molecule has 5 heteroatoms. The van der Waals surface area contributed by atoms with Crippen molar-refractivity contribution in [3.8, 4) is 0 Å². The third kappa shape index (κ3) is 2.95. The minimum atomic E-state index is -0.283. The monoisotopic (exact) mass is 315 g/mol. The highest BCUT2D eigenvalue weighted by Gasteiger charge is 2.24. The number of aromatic nitrogens is 2. The van der Waals surface area contributed by atoms with Crippen molar-refractivity contribution in [2.24, 2.45) is 13.0 Å². The van der Waals surface area contributed by atoms with E-state index in [9.17, 15) is 5.11 Å². The van der Waals surface area contributed by atoms with Gasteiger partial charge in [0.05, 0.1) is 22.0 Å². The molecule has 1 aliphatic heterocycles. The van der Waals surface area contributed by atoms with Crippen LogP contribution >= 0.6 is 15.9 Å². The van der Waals surface area contributed by atoms with Gasteiger partial charge in [-0.15, -0.1) is 0 Å². The highest BCUT2D eigenvalue weighted by molar-refractivity contribution is 9.10. The van der Waals surface area contributed by atoms with Crippen LogP contribution in [0.15, 0.2) is 4.47 Å². The number of rotatable bonds is 4. The van der Waals surface area contributed by atoms with Crippen LogP contribution < -0.4 is 5.32 Å². The zero-order chi connectivity index (χ0) is 13.1. The normalized spacial score (nSPS) is 22.1. The van der Waals surface area contributed by atoms with Crippen LogP contribution in [0.3, 0.4) is 0 Å². The van der Waals surface area contributed by atoms with Crippen LogP contribution in [0.1, 0.15) is 31.2 Å². The van der Waals surface area contributed by atoms with Crippen molar-refractivity contribution < 1.29 is 5.11 Å². The Hall–Kier alpha value is -0.390. The van der Waals surface area contributed by atoms with Crippen LogP contribution in [0.25, 0.3) is 0 Å². The molecule has 0 aliphatic carbocycles. The molecule has 1 aromatic heterocycles. The van der Waals surface area contributed by atoms with Crippen LogP contribution in [0, 0.1) is 5.92 Å². The molecule has 18 heavy (non-hydrogen) atoms. The molecule has 102 valence electrons. The molecule has 0 saturated carbocycles. The molecule has 1 fully saturated rings. The molecule has 1 aliphatic rings. The van der Waals surface area contributed by atoms with Gasteiger partial charge in [0.1, 0.15) is 0 Å². The molecule has 0 amide bonds. The Kier molecular flexibility index (Phi) is 4.81. The molecule has 1 saturated heterocycles. The van der Waals surface area contributed by atoms with Gasteiger partial charge < -0.3 is 10.4 Å². The van der Waals surface area contributed by atoms with E-state index in [1.807, 2.05) is 11.7 Å². The number of piperidine rings is 1. The lowest BCUT2D eigenvalue weighted by atomic mass is 9.91. The quantitative estimate of drug-likeness (QED) is 0.888. The Balaban J connectivity index is 2.06. The number of aliphatic hydroxyl groups is 1. The van der Waals surface area contributed by atoms with Crippen molar-refractivity contribution in [1.29, 1.82) is 0 Å². The number of halogens is 1. The van der Waals surface area contributed by atoms with E-state index in [2.05, 4.69) is 33.3 Å². The summed E-state index contributed by atoms with van der Waals surface area (Å²) in [5.41, 5.74) is 2.17. The third-order valence-corrected chi connectivity index (χ3v) is 4.70. The summed E-state index contributed by atoms with van der Waals surface area (Å²) < 4.78 is 2.96. The number of nitrogens with zero attached hydrogens (tertiary/aromatic N) is 2. The summed E-state index contributed by atoms with van der Waals surface area (Å²) in [4.78, 5) is 0. The molecular formula is C13H22BrN3O. The van der Waals surface area contributed by atoms with Crippen molar-refractivity contribution >= 4 is 15.9 Å². The predicted octanol–water partition coefficient (Wildman–Crippen LogP) is 1.65. The van der Waals surface area contributed by atoms with E-state index < -0.39 is 0 Å². The minimum absolute atomic E-state index is 0.283. The molecule has 4 nitrogen and oxygen atoms in total. The Labute approximate surface area is 117 Å². The maximum absolute atomic E-state index is 10.4. The van der Waals surface area contributed by atoms with Gasteiger partial charge in [-0.1, -0.05) is 6.92 Å². The van der Waals surface area contributed by atoms with Gasteiger partial charge >= 0.3 is 0 Å².